The van der Waals surface area contributed by atoms with Crippen LogP contribution in [0.2, 0.25) is 0 Å². The maximum atomic E-state index is 12.5. The number of halogens is 3. The third-order valence-electron chi connectivity index (χ3n) is 4.13. The second kappa shape index (κ2) is 8.10. The zero-order chi connectivity index (χ0) is 16.9. The second-order valence-electron chi connectivity index (χ2n) is 5.77. The molecule has 2 rings (SSSR count). The van der Waals surface area contributed by atoms with E-state index in [0.717, 1.165) is 44.9 Å². The van der Waals surface area contributed by atoms with Gasteiger partial charge in [0.25, 0.3) is 0 Å². The minimum Gasteiger partial charge on any atom is -0.387 e. The van der Waals surface area contributed by atoms with Gasteiger partial charge in [-0.05, 0) is 17.7 Å². The highest BCUT2D eigenvalue weighted by atomic mass is 19.4. The zero-order valence-electron chi connectivity index (χ0n) is 13.2. The molecular weight excluding hydrogens is 309 g/mol. The first-order chi connectivity index (χ1) is 10.9. The van der Waals surface area contributed by atoms with Gasteiger partial charge in [0.05, 0.1) is 18.3 Å². The fourth-order valence-corrected chi connectivity index (χ4v) is 2.66. The maximum absolute atomic E-state index is 12.5. The van der Waals surface area contributed by atoms with Crippen molar-refractivity contribution in [3.05, 3.63) is 35.4 Å². The SMILES string of the molecule is COCCN1CCN(C[C@@H](O)c2ccc(C(F)(F)F)cc2)CC1. The molecule has 130 valence electrons. The average Bonchev–Trinajstić information content (AvgIpc) is 2.53. The van der Waals surface area contributed by atoms with Crippen LogP contribution in [-0.4, -0.2) is 67.9 Å². The molecule has 1 atom stereocenters. The van der Waals surface area contributed by atoms with E-state index in [2.05, 4.69) is 9.80 Å². The number of benzene rings is 1. The highest BCUT2D eigenvalue weighted by Crippen LogP contribution is 2.30. The van der Waals surface area contributed by atoms with Crippen LogP contribution < -0.4 is 0 Å². The van der Waals surface area contributed by atoms with Crippen molar-refractivity contribution in [1.82, 2.24) is 9.80 Å². The molecule has 0 saturated carbocycles. The largest absolute Gasteiger partial charge is 0.416 e. The molecule has 23 heavy (non-hydrogen) atoms. The van der Waals surface area contributed by atoms with Crippen molar-refractivity contribution in [2.24, 2.45) is 0 Å². The second-order valence-corrected chi connectivity index (χ2v) is 5.77. The molecule has 0 spiro atoms. The lowest BCUT2D eigenvalue weighted by molar-refractivity contribution is -0.137. The number of aliphatic hydroxyl groups excluding tert-OH is 1. The Balaban J connectivity index is 1.82. The highest BCUT2D eigenvalue weighted by molar-refractivity contribution is 5.26. The van der Waals surface area contributed by atoms with Crippen molar-refractivity contribution in [3.8, 4) is 0 Å². The zero-order valence-corrected chi connectivity index (χ0v) is 13.2. The van der Waals surface area contributed by atoms with E-state index in [4.69, 9.17) is 4.74 Å². The molecule has 7 heteroatoms. The van der Waals surface area contributed by atoms with Gasteiger partial charge in [0.15, 0.2) is 0 Å². The molecule has 1 heterocycles. The Hall–Kier alpha value is -1.15. The molecule has 0 aromatic heterocycles. The summed E-state index contributed by atoms with van der Waals surface area (Å²) in [4.78, 5) is 4.43. The third kappa shape index (κ3) is 5.46. The molecule has 1 aliphatic rings. The maximum Gasteiger partial charge on any atom is 0.416 e. The first-order valence-electron chi connectivity index (χ1n) is 7.69. The predicted molar refractivity (Wildman–Crippen MR) is 81.2 cm³/mol. The molecule has 1 fully saturated rings. The number of piperazine rings is 1. The topological polar surface area (TPSA) is 35.9 Å². The number of aliphatic hydroxyl groups is 1. The molecule has 1 aliphatic heterocycles. The van der Waals surface area contributed by atoms with Crippen molar-refractivity contribution in [2.45, 2.75) is 12.3 Å². The normalized spacial score (nSPS) is 19.0. The monoisotopic (exact) mass is 332 g/mol. The van der Waals surface area contributed by atoms with E-state index in [-0.39, 0.29) is 0 Å². The van der Waals surface area contributed by atoms with E-state index >= 15 is 0 Å². The number of ether oxygens (including phenoxy) is 1. The van der Waals surface area contributed by atoms with E-state index in [9.17, 15) is 18.3 Å². The minimum absolute atomic E-state index is 0.434. The molecule has 1 aromatic carbocycles. The van der Waals surface area contributed by atoms with Crippen LogP contribution in [0, 0.1) is 0 Å². The summed E-state index contributed by atoms with van der Waals surface area (Å²) in [5.41, 5.74) is -0.181. The highest BCUT2D eigenvalue weighted by Gasteiger charge is 2.30. The predicted octanol–water partition coefficient (Wildman–Crippen LogP) is 2.00. The molecule has 0 bridgehead atoms. The van der Waals surface area contributed by atoms with E-state index < -0.39 is 17.8 Å². The van der Waals surface area contributed by atoms with E-state index in [1.807, 2.05) is 0 Å². The molecular formula is C16H23F3N2O2. The van der Waals surface area contributed by atoms with Gasteiger partial charge in [0, 0.05) is 46.4 Å². The van der Waals surface area contributed by atoms with E-state index in [1.165, 1.54) is 12.1 Å². The number of alkyl halides is 3. The summed E-state index contributed by atoms with van der Waals surface area (Å²) >= 11 is 0. The van der Waals surface area contributed by atoms with Gasteiger partial charge in [0.1, 0.15) is 0 Å². The summed E-state index contributed by atoms with van der Waals surface area (Å²) in [6.45, 7) is 5.51. The fraction of sp³-hybridized carbons (Fsp3) is 0.625. The molecule has 0 radical (unpaired) electrons. The smallest absolute Gasteiger partial charge is 0.387 e. The van der Waals surface area contributed by atoms with Crippen molar-refractivity contribution in [3.63, 3.8) is 0 Å². The third-order valence-corrected chi connectivity index (χ3v) is 4.13. The van der Waals surface area contributed by atoms with Crippen LogP contribution in [0.3, 0.4) is 0 Å². The summed E-state index contributed by atoms with van der Waals surface area (Å²) in [6.07, 6.45) is -5.12. The number of hydrogen-bond donors (Lipinski definition) is 1. The van der Waals surface area contributed by atoms with Gasteiger partial charge in [-0.3, -0.25) is 9.80 Å². The van der Waals surface area contributed by atoms with Gasteiger partial charge in [-0.25, -0.2) is 0 Å². The van der Waals surface area contributed by atoms with Gasteiger partial charge in [0.2, 0.25) is 0 Å². The van der Waals surface area contributed by atoms with Gasteiger partial charge >= 0.3 is 6.18 Å². The molecule has 0 aliphatic carbocycles. The van der Waals surface area contributed by atoms with E-state index in [1.54, 1.807) is 7.11 Å². The van der Waals surface area contributed by atoms with Crippen molar-refractivity contribution < 1.29 is 23.0 Å². The average molecular weight is 332 g/mol. The molecule has 0 unspecified atom stereocenters. The molecule has 1 aromatic rings. The minimum atomic E-state index is -4.35. The van der Waals surface area contributed by atoms with Crippen LogP contribution in [0.15, 0.2) is 24.3 Å². The van der Waals surface area contributed by atoms with Crippen molar-refractivity contribution in [1.29, 1.82) is 0 Å². The van der Waals surface area contributed by atoms with Gasteiger partial charge in [-0.1, -0.05) is 12.1 Å². The number of rotatable bonds is 6. The van der Waals surface area contributed by atoms with Gasteiger partial charge in [-0.15, -0.1) is 0 Å². The van der Waals surface area contributed by atoms with Crippen LogP contribution in [0.4, 0.5) is 13.2 Å². The number of methoxy groups -OCH3 is 1. The number of nitrogens with zero attached hydrogens (tertiary/aromatic N) is 2. The number of β-amino-alcohol motifs (C(OH)–C–C–N with tert-alkyl or cyclic N) is 1. The Bertz CT molecular complexity index is 471. The lowest BCUT2D eigenvalue weighted by Gasteiger charge is -2.35. The molecule has 1 N–H and O–H groups in total. The summed E-state index contributed by atoms with van der Waals surface area (Å²) in [7, 11) is 1.68. The number of hydrogen-bond acceptors (Lipinski definition) is 4. The van der Waals surface area contributed by atoms with Crippen LogP contribution in [0.1, 0.15) is 17.2 Å². The Labute approximate surface area is 134 Å². The van der Waals surface area contributed by atoms with E-state index in [0.29, 0.717) is 18.7 Å². The van der Waals surface area contributed by atoms with Crippen LogP contribution >= 0.6 is 0 Å². The summed E-state index contributed by atoms with van der Waals surface area (Å²) < 4.78 is 42.7. The summed E-state index contributed by atoms with van der Waals surface area (Å²) in [6, 6.07) is 4.73. The van der Waals surface area contributed by atoms with Crippen LogP contribution in [0.25, 0.3) is 0 Å². The fourth-order valence-electron chi connectivity index (χ4n) is 2.66. The van der Waals surface area contributed by atoms with Crippen LogP contribution in [-0.2, 0) is 10.9 Å². The quantitative estimate of drug-likeness (QED) is 0.864. The summed E-state index contributed by atoms with van der Waals surface area (Å²) in [5, 5.41) is 10.2. The Morgan fingerprint density at radius 1 is 1.09 bits per heavy atom. The Kier molecular flexibility index (Phi) is 6.41. The standard InChI is InChI=1S/C16H23F3N2O2/c1-23-11-10-20-6-8-21(9-7-20)12-15(22)13-2-4-14(5-3-13)16(17,18)19/h2-5,15,22H,6-12H2,1H3/t15-/m1/s1. The summed E-state index contributed by atoms with van der Waals surface area (Å²) in [5.74, 6) is 0. The molecule has 1 saturated heterocycles. The Morgan fingerprint density at radius 2 is 1.65 bits per heavy atom. The lowest BCUT2D eigenvalue weighted by atomic mass is 10.1. The molecule has 0 amide bonds. The van der Waals surface area contributed by atoms with Crippen LogP contribution in [0.5, 0.6) is 0 Å². The lowest BCUT2D eigenvalue weighted by Crippen LogP contribution is -2.48. The first-order valence-corrected chi connectivity index (χ1v) is 7.69. The van der Waals surface area contributed by atoms with Gasteiger partial charge < -0.3 is 9.84 Å². The molecule has 4 nitrogen and oxygen atoms in total. The first kappa shape index (κ1) is 18.2. The van der Waals surface area contributed by atoms with Gasteiger partial charge in [-0.2, -0.15) is 13.2 Å². The van der Waals surface area contributed by atoms with Crippen molar-refractivity contribution >= 4 is 0 Å². The Morgan fingerprint density at radius 3 is 2.17 bits per heavy atom. The van der Waals surface area contributed by atoms with Crippen molar-refractivity contribution in [2.75, 3.05) is 53.0 Å².